The van der Waals surface area contributed by atoms with Crippen LogP contribution in [-0.4, -0.2) is 72.3 Å². The number of hydrogen-bond acceptors (Lipinski definition) is 7. The largest absolute Gasteiger partial charge is 0.473 e. The number of carbonyl (C=O) groups is 4. The van der Waals surface area contributed by atoms with Gasteiger partial charge in [0.2, 0.25) is 5.91 Å². The second-order valence-corrected chi connectivity index (χ2v) is 9.23. The maximum Gasteiger partial charge on any atom is 0.414 e. The van der Waals surface area contributed by atoms with Gasteiger partial charge in [-0.2, -0.15) is 11.8 Å². The number of hydrogen-bond donors (Lipinski definition) is 3. The zero-order valence-electron chi connectivity index (χ0n) is 20.6. The Bertz CT molecular complexity index is 993. The summed E-state index contributed by atoms with van der Waals surface area (Å²) in [5.74, 6) is -0.382. The smallest absolute Gasteiger partial charge is 0.414 e. The highest BCUT2D eigenvalue weighted by atomic mass is 32.2. The van der Waals surface area contributed by atoms with Gasteiger partial charge in [-0.15, -0.1) is 0 Å². The average Bonchev–Trinajstić information content (AvgIpc) is 3.24. The number of rotatable bonds is 10. The summed E-state index contributed by atoms with van der Waals surface area (Å²) in [7, 11) is 5.75. The molecule has 1 aromatic carbocycles. The van der Waals surface area contributed by atoms with Crippen molar-refractivity contribution in [2.75, 3.05) is 38.3 Å². The Balaban J connectivity index is 0.000000905. The fraction of sp³-hybridized carbons (Fsp3) is 0.417. The molecule has 0 fully saturated rings. The number of carbonyl (C=O) groups excluding carboxylic acids is 2. The molecule has 2 rings (SSSR count). The second kappa shape index (κ2) is 14.8. The first-order valence-corrected chi connectivity index (χ1v) is 12.0. The molecule has 35 heavy (non-hydrogen) atoms. The van der Waals surface area contributed by atoms with E-state index in [1.54, 1.807) is 41.9 Å². The third kappa shape index (κ3) is 11.1. The molecule has 10 nitrogen and oxygen atoms in total. The molecule has 0 unspecified atom stereocenters. The van der Waals surface area contributed by atoms with Gasteiger partial charge in [0.05, 0.1) is 12.3 Å². The highest BCUT2D eigenvalue weighted by molar-refractivity contribution is 7.98. The van der Waals surface area contributed by atoms with Gasteiger partial charge in [0.25, 0.3) is 5.91 Å². The van der Waals surface area contributed by atoms with E-state index in [-0.39, 0.29) is 17.7 Å². The van der Waals surface area contributed by atoms with E-state index in [4.69, 9.17) is 24.2 Å². The molecule has 192 valence electrons. The van der Waals surface area contributed by atoms with Crippen molar-refractivity contribution < 1.29 is 33.8 Å². The van der Waals surface area contributed by atoms with Crippen LogP contribution in [0.25, 0.3) is 0 Å². The first-order valence-electron chi connectivity index (χ1n) is 10.8. The number of amides is 2. The number of anilines is 1. The van der Waals surface area contributed by atoms with Crippen molar-refractivity contribution in [1.82, 2.24) is 10.2 Å². The molecule has 0 aliphatic carbocycles. The van der Waals surface area contributed by atoms with Crippen molar-refractivity contribution >= 4 is 41.2 Å². The van der Waals surface area contributed by atoms with E-state index in [0.717, 1.165) is 35.3 Å². The molecule has 2 amide bonds. The molecule has 11 heteroatoms. The summed E-state index contributed by atoms with van der Waals surface area (Å²) in [5, 5.41) is 17.7. The molecule has 0 saturated heterocycles. The number of carboxylic acid groups (broad SMARTS) is 2. The summed E-state index contributed by atoms with van der Waals surface area (Å²) in [4.78, 5) is 46.4. The van der Waals surface area contributed by atoms with Crippen LogP contribution in [0.5, 0.6) is 0 Å². The highest BCUT2D eigenvalue weighted by Gasteiger charge is 2.16. The monoisotopic (exact) mass is 507 g/mol. The Morgan fingerprint density at radius 3 is 2.20 bits per heavy atom. The van der Waals surface area contributed by atoms with Gasteiger partial charge in [0.1, 0.15) is 11.5 Å². The van der Waals surface area contributed by atoms with Crippen molar-refractivity contribution in [1.29, 1.82) is 0 Å². The lowest BCUT2D eigenvalue weighted by atomic mass is 10.1. The van der Waals surface area contributed by atoms with E-state index >= 15 is 0 Å². The zero-order chi connectivity index (χ0) is 26.5. The van der Waals surface area contributed by atoms with E-state index in [0.29, 0.717) is 12.1 Å². The number of thioether (sulfide) groups is 1. The van der Waals surface area contributed by atoms with Gasteiger partial charge in [-0.3, -0.25) is 9.59 Å². The van der Waals surface area contributed by atoms with Crippen LogP contribution >= 0.6 is 11.8 Å². The van der Waals surface area contributed by atoms with Gasteiger partial charge in [0.15, 0.2) is 0 Å². The van der Waals surface area contributed by atoms with E-state index < -0.39 is 11.9 Å². The van der Waals surface area contributed by atoms with E-state index in [1.807, 2.05) is 46.1 Å². The molecule has 0 aliphatic rings. The van der Waals surface area contributed by atoms with E-state index in [1.165, 1.54) is 0 Å². The van der Waals surface area contributed by atoms with Crippen molar-refractivity contribution in [3.8, 4) is 0 Å². The molecule has 0 spiro atoms. The minimum absolute atomic E-state index is 0.0191. The number of carboxylic acids is 2. The van der Waals surface area contributed by atoms with E-state index in [9.17, 15) is 9.59 Å². The number of furan rings is 1. The molecule has 0 atom stereocenters. The Morgan fingerprint density at radius 2 is 1.63 bits per heavy atom. The van der Waals surface area contributed by atoms with Gasteiger partial charge in [-0.1, -0.05) is 19.9 Å². The van der Waals surface area contributed by atoms with Crippen LogP contribution < -0.4 is 10.2 Å². The fourth-order valence-corrected chi connectivity index (χ4v) is 3.53. The van der Waals surface area contributed by atoms with Crippen LogP contribution in [0.3, 0.4) is 0 Å². The van der Waals surface area contributed by atoms with Crippen LogP contribution in [0.1, 0.15) is 35.7 Å². The molecule has 3 N–H and O–H groups in total. The van der Waals surface area contributed by atoms with Crippen LogP contribution in [0.15, 0.2) is 40.8 Å². The SMILES string of the molecule is CC(C)C(=O)N(C)c1cccc(C(=O)NCCSCc2ccc(CN(C)C)o2)c1.O=C(O)C(=O)O. The van der Waals surface area contributed by atoms with Crippen LogP contribution in [0, 0.1) is 5.92 Å². The van der Waals surface area contributed by atoms with Crippen molar-refractivity contribution in [2.45, 2.75) is 26.1 Å². The molecule has 0 aliphatic heterocycles. The molecular formula is C24H33N3O7S. The predicted molar refractivity (Wildman–Crippen MR) is 135 cm³/mol. The summed E-state index contributed by atoms with van der Waals surface area (Å²) in [6.45, 7) is 5.08. The molecule has 1 aromatic heterocycles. The van der Waals surface area contributed by atoms with Crippen molar-refractivity contribution in [3.05, 3.63) is 53.5 Å². The highest BCUT2D eigenvalue weighted by Crippen LogP contribution is 2.18. The van der Waals surface area contributed by atoms with Gasteiger partial charge in [-0.05, 0) is 44.4 Å². The second-order valence-electron chi connectivity index (χ2n) is 8.13. The fourth-order valence-electron chi connectivity index (χ4n) is 2.78. The average molecular weight is 508 g/mol. The minimum Gasteiger partial charge on any atom is -0.473 e. The summed E-state index contributed by atoms with van der Waals surface area (Å²) in [5.41, 5.74) is 1.27. The van der Waals surface area contributed by atoms with Gasteiger partial charge in [-0.25, -0.2) is 9.59 Å². The van der Waals surface area contributed by atoms with Crippen molar-refractivity contribution in [2.24, 2.45) is 5.92 Å². The Labute approximate surface area is 209 Å². The van der Waals surface area contributed by atoms with Crippen LogP contribution in [0.4, 0.5) is 5.69 Å². The number of benzene rings is 1. The third-order valence-corrected chi connectivity index (χ3v) is 5.45. The van der Waals surface area contributed by atoms with Crippen LogP contribution in [-0.2, 0) is 26.7 Å². The molecule has 0 saturated carbocycles. The lowest BCUT2D eigenvalue weighted by Gasteiger charge is -2.20. The summed E-state index contributed by atoms with van der Waals surface area (Å²) in [6, 6.07) is 11.1. The van der Waals surface area contributed by atoms with Crippen molar-refractivity contribution in [3.63, 3.8) is 0 Å². The summed E-state index contributed by atoms with van der Waals surface area (Å²) >= 11 is 1.72. The standard InChI is InChI=1S/C22H31N3O3S.C2H2O4/c1-16(2)22(27)25(5)18-8-6-7-17(13-18)21(26)23-11-12-29-15-20-10-9-19(28-20)14-24(3)4;3-1(4)2(5)6/h6-10,13,16H,11-12,14-15H2,1-5H3,(H,23,26);(H,3,4)(H,5,6). The Kier molecular flexibility index (Phi) is 12.6. The van der Waals surface area contributed by atoms with Gasteiger partial charge < -0.3 is 29.7 Å². The molecule has 0 bridgehead atoms. The zero-order valence-corrected chi connectivity index (χ0v) is 21.4. The molecule has 2 aromatic rings. The maximum absolute atomic E-state index is 12.4. The lowest BCUT2D eigenvalue weighted by molar-refractivity contribution is -0.159. The third-order valence-electron chi connectivity index (χ3n) is 4.47. The molecule has 0 radical (unpaired) electrons. The summed E-state index contributed by atoms with van der Waals surface area (Å²) in [6.07, 6.45) is 0. The maximum atomic E-state index is 12.4. The topological polar surface area (TPSA) is 140 Å². The van der Waals surface area contributed by atoms with Gasteiger partial charge in [0, 0.05) is 36.5 Å². The Morgan fingerprint density at radius 1 is 1.00 bits per heavy atom. The quantitative estimate of drug-likeness (QED) is 0.327. The Hall–Kier alpha value is -3.31. The molecule has 1 heterocycles. The van der Waals surface area contributed by atoms with E-state index in [2.05, 4.69) is 10.2 Å². The normalized spacial score (nSPS) is 10.5. The van der Waals surface area contributed by atoms with Crippen LogP contribution in [0.2, 0.25) is 0 Å². The minimum atomic E-state index is -1.82. The number of nitrogens with one attached hydrogen (secondary N) is 1. The number of aliphatic carboxylic acids is 2. The predicted octanol–water partition coefficient (Wildman–Crippen LogP) is 2.78. The summed E-state index contributed by atoms with van der Waals surface area (Å²) < 4.78 is 5.78. The lowest BCUT2D eigenvalue weighted by Crippen LogP contribution is -2.31. The number of nitrogens with zero attached hydrogens (tertiary/aromatic N) is 2. The first-order chi connectivity index (χ1) is 16.4. The molecular weight excluding hydrogens is 474 g/mol. The first kappa shape index (κ1) is 29.7. The van der Waals surface area contributed by atoms with Gasteiger partial charge >= 0.3 is 11.9 Å².